The van der Waals surface area contributed by atoms with E-state index in [0.29, 0.717) is 5.65 Å². The van der Waals surface area contributed by atoms with Gasteiger partial charge in [0.1, 0.15) is 5.75 Å². The van der Waals surface area contributed by atoms with E-state index in [1.54, 1.807) is 13.2 Å². The molecule has 4 rings (SSSR count). The Morgan fingerprint density at radius 3 is 3.00 bits per heavy atom. The predicted octanol–water partition coefficient (Wildman–Crippen LogP) is 2.12. The van der Waals surface area contributed by atoms with Crippen LogP contribution in [0.3, 0.4) is 0 Å². The van der Waals surface area contributed by atoms with Crippen LogP contribution in [0.4, 0.5) is 0 Å². The molecule has 1 saturated heterocycles. The minimum Gasteiger partial charge on any atom is -0.497 e. The van der Waals surface area contributed by atoms with Crippen LogP contribution in [0.15, 0.2) is 41.2 Å². The number of H-pyrrole nitrogens is 1. The minimum atomic E-state index is -0.0900. The summed E-state index contributed by atoms with van der Waals surface area (Å²) in [6.45, 7) is 0.980. The monoisotopic (exact) mass is 310 g/mol. The molecule has 1 aliphatic heterocycles. The van der Waals surface area contributed by atoms with Gasteiger partial charge in [0.2, 0.25) is 0 Å². The molecule has 1 unspecified atom stereocenters. The number of rotatable bonds is 3. The molecule has 0 radical (unpaired) electrons. The van der Waals surface area contributed by atoms with Gasteiger partial charge in [-0.25, -0.2) is 9.50 Å². The van der Waals surface area contributed by atoms with Gasteiger partial charge in [0.15, 0.2) is 5.65 Å². The first-order chi connectivity index (χ1) is 11.2. The lowest BCUT2D eigenvalue weighted by atomic mass is 10.1. The molecule has 118 valence electrons. The van der Waals surface area contributed by atoms with Crippen LogP contribution in [0, 0.1) is 0 Å². The maximum Gasteiger partial charge on any atom is 0.272 e. The Bertz CT molecular complexity index is 906. The van der Waals surface area contributed by atoms with E-state index in [1.807, 2.05) is 30.3 Å². The minimum absolute atomic E-state index is 0.0900. The van der Waals surface area contributed by atoms with Gasteiger partial charge in [-0.1, -0.05) is 12.1 Å². The van der Waals surface area contributed by atoms with Crippen LogP contribution in [0.25, 0.3) is 16.9 Å². The average molecular weight is 310 g/mol. The van der Waals surface area contributed by atoms with Gasteiger partial charge in [-0.05, 0) is 31.5 Å². The molecule has 6 nitrogen and oxygen atoms in total. The van der Waals surface area contributed by atoms with E-state index in [2.05, 4.69) is 15.4 Å². The zero-order chi connectivity index (χ0) is 15.8. The Hall–Kier alpha value is -2.60. The molecule has 1 atom stereocenters. The van der Waals surface area contributed by atoms with E-state index in [1.165, 1.54) is 4.52 Å². The number of benzene rings is 1. The average Bonchev–Trinajstić information content (AvgIpc) is 3.24. The molecule has 2 N–H and O–H groups in total. The van der Waals surface area contributed by atoms with Crippen LogP contribution in [0.5, 0.6) is 5.75 Å². The number of fused-ring (bicyclic) bond motifs is 1. The summed E-state index contributed by atoms with van der Waals surface area (Å²) in [5, 5.41) is 6.50. The van der Waals surface area contributed by atoms with Gasteiger partial charge in [0, 0.05) is 23.7 Å². The van der Waals surface area contributed by atoms with Gasteiger partial charge in [-0.3, -0.25) is 9.89 Å². The van der Waals surface area contributed by atoms with Crippen molar-refractivity contribution in [3.05, 3.63) is 52.4 Å². The summed E-state index contributed by atoms with van der Waals surface area (Å²) in [5.74, 6) is 0.775. The maximum absolute atomic E-state index is 12.4. The molecule has 1 aromatic carbocycles. The van der Waals surface area contributed by atoms with Gasteiger partial charge >= 0.3 is 0 Å². The van der Waals surface area contributed by atoms with Crippen molar-refractivity contribution in [3.63, 3.8) is 0 Å². The van der Waals surface area contributed by atoms with E-state index in [4.69, 9.17) is 4.74 Å². The summed E-state index contributed by atoms with van der Waals surface area (Å²) in [6, 6.07) is 11.4. The normalized spacial score (nSPS) is 17.7. The fraction of sp³-hybridized carbons (Fsp3) is 0.294. The van der Waals surface area contributed by atoms with Crippen LogP contribution in [-0.2, 0) is 0 Å². The summed E-state index contributed by atoms with van der Waals surface area (Å²) in [4.78, 5) is 17.0. The van der Waals surface area contributed by atoms with E-state index >= 15 is 0 Å². The number of hydrogen-bond acceptors (Lipinski definition) is 4. The van der Waals surface area contributed by atoms with E-state index in [-0.39, 0.29) is 11.6 Å². The third-order valence-corrected chi connectivity index (χ3v) is 4.27. The molecule has 0 spiro atoms. The maximum atomic E-state index is 12.4. The zero-order valence-corrected chi connectivity index (χ0v) is 12.9. The highest BCUT2D eigenvalue weighted by Gasteiger charge is 2.19. The highest BCUT2D eigenvalue weighted by molar-refractivity contribution is 5.65. The van der Waals surface area contributed by atoms with Crippen LogP contribution in [-0.4, -0.2) is 28.3 Å². The first kappa shape index (κ1) is 14.0. The molecule has 1 aliphatic rings. The lowest BCUT2D eigenvalue weighted by molar-refractivity contribution is 0.415. The van der Waals surface area contributed by atoms with Crippen molar-refractivity contribution in [2.24, 2.45) is 0 Å². The lowest BCUT2D eigenvalue weighted by Gasteiger charge is -2.08. The third kappa shape index (κ3) is 2.51. The molecule has 23 heavy (non-hydrogen) atoms. The summed E-state index contributed by atoms with van der Waals surface area (Å²) < 4.78 is 6.73. The van der Waals surface area contributed by atoms with Crippen molar-refractivity contribution in [1.29, 1.82) is 0 Å². The molecule has 2 aromatic heterocycles. The number of aromatic nitrogens is 3. The summed E-state index contributed by atoms with van der Waals surface area (Å²) in [5.41, 5.74) is 3.16. The molecule has 0 amide bonds. The van der Waals surface area contributed by atoms with Gasteiger partial charge < -0.3 is 10.1 Å². The molecule has 0 aliphatic carbocycles. The van der Waals surface area contributed by atoms with Crippen LogP contribution < -0.4 is 15.6 Å². The molecule has 3 aromatic rings. The molecule has 3 heterocycles. The number of hydrogen-bond donors (Lipinski definition) is 2. The fourth-order valence-electron chi connectivity index (χ4n) is 3.06. The quantitative estimate of drug-likeness (QED) is 0.777. The van der Waals surface area contributed by atoms with Gasteiger partial charge in [-0.2, -0.15) is 0 Å². The van der Waals surface area contributed by atoms with Gasteiger partial charge in [0.25, 0.3) is 5.56 Å². The number of methoxy groups -OCH3 is 1. The SMILES string of the molecule is COc1cccc(-c2cc3nc(C4CCCN4)cc(=O)n3[nH]2)c1. The van der Waals surface area contributed by atoms with E-state index in [9.17, 15) is 4.79 Å². The highest BCUT2D eigenvalue weighted by Crippen LogP contribution is 2.24. The van der Waals surface area contributed by atoms with Crippen LogP contribution in [0.2, 0.25) is 0 Å². The Balaban J connectivity index is 1.80. The molecule has 6 heteroatoms. The number of nitrogens with zero attached hydrogens (tertiary/aromatic N) is 2. The van der Waals surface area contributed by atoms with Crippen molar-refractivity contribution in [2.45, 2.75) is 18.9 Å². The summed E-state index contributed by atoms with van der Waals surface area (Å²) >= 11 is 0. The first-order valence-electron chi connectivity index (χ1n) is 7.75. The smallest absolute Gasteiger partial charge is 0.272 e. The zero-order valence-electron chi connectivity index (χ0n) is 12.9. The second-order valence-electron chi connectivity index (χ2n) is 5.76. The molecule has 1 fully saturated rings. The first-order valence-corrected chi connectivity index (χ1v) is 7.75. The largest absolute Gasteiger partial charge is 0.497 e. The van der Waals surface area contributed by atoms with Gasteiger partial charge in [0.05, 0.1) is 18.5 Å². The summed E-state index contributed by atoms with van der Waals surface area (Å²) in [6.07, 6.45) is 2.14. The topological polar surface area (TPSA) is 71.4 Å². The molecular weight excluding hydrogens is 292 g/mol. The lowest BCUT2D eigenvalue weighted by Crippen LogP contribution is -2.20. The van der Waals surface area contributed by atoms with Crippen molar-refractivity contribution < 1.29 is 4.74 Å². The standard InChI is InChI=1S/C17H18N4O2/c1-23-12-5-2-4-11(8-12)14-9-16-19-15(13-6-3-7-18-13)10-17(22)21(16)20-14/h2,4-5,8-10,13,18,20H,3,6-7H2,1H3. The van der Waals surface area contributed by atoms with E-state index in [0.717, 1.165) is 42.1 Å². The fourth-order valence-corrected chi connectivity index (χ4v) is 3.06. The molecular formula is C17H18N4O2. The Labute approximate surface area is 133 Å². The van der Waals surface area contributed by atoms with Crippen molar-refractivity contribution >= 4 is 5.65 Å². The number of aromatic amines is 1. The molecule has 0 bridgehead atoms. The second kappa shape index (κ2) is 5.55. The highest BCUT2D eigenvalue weighted by atomic mass is 16.5. The third-order valence-electron chi connectivity index (χ3n) is 4.27. The predicted molar refractivity (Wildman–Crippen MR) is 87.8 cm³/mol. The van der Waals surface area contributed by atoms with Crippen molar-refractivity contribution in [2.75, 3.05) is 13.7 Å². The van der Waals surface area contributed by atoms with Crippen LogP contribution >= 0.6 is 0 Å². The number of nitrogens with one attached hydrogen (secondary N) is 2. The Morgan fingerprint density at radius 2 is 2.22 bits per heavy atom. The van der Waals surface area contributed by atoms with Crippen molar-refractivity contribution in [3.8, 4) is 17.0 Å². The summed E-state index contributed by atoms with van der Waals surface area (Å²) in [7, 11) is 1.64. The molecule has 0 saturated carbocycles. The Morgan fingerprint density at radius 1 is 1.30 bits per heavy atom. The number of ether oxygens (including phenoxy) is 1. The second-order valence-corrected chi connectivity index (χ2v) is 5.76. The van der Waals surface area contributed by atoms with Crippen molar-refractivity contribution in [1.82, 2.24) is 19.9 Å². The van der Waals surface area contributed by atoms with Crippen LogP contribution in [0.1, 0.15) is 24.6 Å². The van der Waals surface area contributed by atoms with E-state index < -0.39 is 0 Å². The van der Waals surface area contributed by atoms with Gasteiger partial charge in [-0.15, -0.1) is 0 Å². The Kier molecular flexibility index (Phi) is 3.38.